The number of fused-ring (bicyclic) bond motifs is 1. The monoisotopic (exact) mass is 527 g/mol. The number of benzene rings is 1. The fourth-order valence-electron chi connectivity index (χ4n) is 4.54. The Labute approximate surface area is 216 Å². The van der Waals surface area contributed by atoms with Crippen molar-refractivity contribution in [2.75, 3.05) is 13.1 Å². The van der Waals surface area contributed by atoms with Gasteiger partial charge in [-0.2, -0.15) is 4.31 Å². The minimum Gasteiger partial charge on any atom is -0.390 e. The van der Waals surface area contributed by atoms with Gasteiger partial charge in [0, 0.05) is 36.6 Å². The second-order valence-electron chi connectivity index (χ2n) is 9.79. The summed E-state index contributed by atoms with van der Waals surface area (Å²) in [6, 6.07) is 10.4. The Morgan fingerprint density at radius 1 is 1.22 bits per heavy atom. The van der Waals surface area contributed by atoms with Crippen LogP contribution in [-0.4, -0.2) is 70.9 Å². The van der Waals surface area contributed by atoms with Crippen LogP contribution in [0, 0.1) is 5.92 Å². The van der Waals surface area contributed by atoms with Gasteiger partial charge in [0.1, 0.15) is 6.04 Å². The van der Waals surface area contributed by atoms with Crippen LogP contribution >= 0.6 is 0 Å². The Morgan fingerprint density at radius 2 is 2.03 bits per heavy atom. The van der Waals surface area contributed by atoms with Crippen LogP contribution in [0.4, 0.5) is 0 Å². The topological polar surface area (TPSA) is 144 Å². The van der Waals surface area contributed by atoms with E-state index in [0.717, 1.165) is 10.9 Å². The number of aromatic nitrogens is 2. The lowest BCUT2D eigenvalue weighted by atomic mass is 10.0. The molecule has 2 amide bonds. The number of amides is 2. The van der Waals surface area contributed by atoms with Crippen LogP contribution in [0.1, 0.15) is 43.5 Å². The van der Waals surface area contributed by atoms with Crippen LogP contribution in [0.25, 0.3) is 10.9 Å². The van der Waals surface area contributed by atoms with Crippen LogP contribution in [0.5, 0.6) is 0 Å². The number of β-amino-alcohol motifs (C(OH)–C–C–N with tert-alkyl or cyclic N) is 1. The first-order valence-electron chi connectivity index (χ1n) is 12.4. The molecule has 198 valence electrons. The quantitative estimate of drug-likeness (QED) is 0.353. The van der Waals surface area contributed by atoms with E-state index < -0.39 is 34.1 Å². The van der Waals surface area contributed by atoms with Crippen molar-refractivity contribution in [3.8, 4) is 0 Å². The number of sulfonamides is 1. The molecule has 0 radical (unpaired) electrons. The molecule has 2 aromatic heterocycles. The van der Waals surface area contributed by atoms with Crippen molar-refractivity contribution in [3.63, 3.8) is 0 Å². The summed E-state index contributed by atoms with van der Waals surface area (Å²) in [5.41, 5.74) is 1.26. The molecule has 1 aliphatic rings. The largest absolute Gasteiger partial charge is 0.390 e. The van der Waals surface area contributed by atoms with Gasteiger partial charge in [0.25, 0.3) is 15.9 Å². The van der Waals surface area contributed by atoms with Crippen molar-refractivity contribution in [2.45, 2.75) is 56.3 Å². The first-order chi connectivity index (χ1) is 17.6. The lowest BCUT2D eigenvalue weighted by Gasteiger charge is -2.27. The first-order valence-corrected chi connectivity index (χ1v) is 13.9. The lowest BCUT2D eigenvalue weighted by molar-refractivity contribution is -0.125. The van der Waals surface area contributed by atoms with E-state index in [1.54, 1.807) is 30.5 Å². The van der Waals surface area contributed by atoms with Gasteiger partial charge in [0.05, 0.1) is 12.1 Å². The lowest BCUT2D eigenvalue weighted by Crippen LogP contribution is -2.54. The molecule has 1 aromatic carbocycles. The Morgan fingerprint density at radius 3 is 2.76 bits per heavy atom. The van der Waals surface area contributed by atoms with Crippen molar-refractivity contribution >= 4 is 32.7 Å². The average molecular weight is 528 g/mol. The summed E-state index contributed by atoms with van der Waals surface area (Å²) in [6.07, 6.45) is 3.34. The van der Waals surface area contributed by atoms with Crippen LogP contribution in [0.2, 0.25) is 0 Å². The maximum atomic E-state index is 13.3. The second-order valence-corrected chi connectivity index (χ2v) is 11.7. The van der Waals surface area contributed by atoms with Gasteiger partial charge in [-0.3, -0.25) is 9.59 Å². The number of pyridine rings is 1. The highest BCUT2D eigenvalue weighted by atomic mass is 32.2. The molecule has 3 heterocycles. The molecule has 10 nitrogen and oxygen atoms in total. The molecule has 0 saturated carbocycles. The van der Waals surface area contributed by atoms with Crippen molar-refractivity contribution in [1.29, 1.82) is 0 Å². The van der Waals surface area contributed by atoms with Gasteiger partial charge in [0.2, 0.25) is 5.91 Å². The summed E-state index contributed by atoms with van der Waals surface area (Å²) in [7, 11) is -3.87. The number of rotatable bonds is 8. The minimum atomic E-state index is -3.87. The molecule has 37 heavy (non-hydrogen) atoms. The standard InChI is InChI=1S/C26H33N5O5S/c1-17(2)14-22(30-25(33)19-9-8-18-10-12-27-21(18)15-19)26(34)29-20-6-5-13-31(16-23(20)32)37(35,36)24-7-3-4-11-28-24/h3-4,7-12,15,17,20,22-23,27,32H,5-6,13-14,16H2,1-2H3,(H,29,34)(H,30,33)/t20?,22?,23-/m0/s1. The van der Waals surface area contributed by atoms with Gasteiger partial charge < -0.3 is 20.7 Å². The smallest absolute Gasteiger partial charge is 0.260 e. The van der Waals surface area contributed by atoms with Gasteiger partial charge in [-0.25, -0.2) is 13.4 Å². The van der Waals surface area contributed by atoms with Crippen molar-refractivity contribution in [3.05, 3.63) is 60.4 Å². The Bertz CT molecular complexity index is 1340. The molecule has 3 atom stereocenters. The average Bonchev–Trinajstić information content (AvgIpc) is 3.27. The number of nitrogens with one attached hydrogen (secondary N) is 3. The number of hydrogen-bond acceptors (Lipinski definition) is 6. The fraction of sp³-hybridized carbons (Fsp3) is 0.423. The molecule has 3 aromatic rings. The van der Waals surface area contributed by atoms with Crippen molar-refractivity contribution in [2.24, 2.45) is 5.92 Å². The molecule has 0 aliphatic carbocycles. The zero-order valence-electron chi connectivity index (χ0n) is 20.9. The highest BCUT2D eigenvalue weighted by molar-refractivity contribution is 7.89. The number of aliphatic hydroxyl groups is 1. The van der Waals surface area contributed by atoms with Crippen LogP contribution in [0.15, 0.2) is 59.9 Å². The summed E-state index contributed by atoms with van der Waals surface area (Å²) in [6.45, 7) is 3.95. The number of nitrogens with zero attached hydrogens (tertiary/aromatic N) is 2. The summed E-state index contributed by atoms with van der Waals surface area (Å²) in [4.78, 5) is 33.2. The van der Waals surface area contributed by atoms with E-state index in [1.807, 2.05) is 26.0 Å². The fourth-order valence-corrected chi connectivity index (χ4v) is 5.97. The van der Waals surface area contributed by atoms with Gasteiger partial charge in [0.15, 0.2) is 5.03 Å². The van der Waals surface area contributed by atoms with Gasteiger partial charge >= 0.3 is 0 Å². The third-order valence-electron chi connectivity index (χ3n) is 6.49. The maximum absolute atomic E-state index is 13.3. The van der Waals surface area contributed by atoms with E-state index >= 15 is 0 Å². The molecule has 0 bridgehead atoms. The summed E-state index contributed by atoms with van der Waals surface area (Å²) >= 11 is 0. The zero-order valence-corrected chi connectivity index (χ0v) is 21.7. The summed E-state index contributed by atoms with van der Waals surface area (Å²) < 4.78 is 27.2. The van der Waals surface area contributed by atoms with Crippen LogP contribution in [0.3, 0.4) is 0 Å². The van der Waals surface area contributed by atoms with E-state index in [1.165, 1.54) is 16.6 Å². The van der Waals surface area contributed by atoms with E-state index in [0.29, 0.717) is 24.8 Å². The maximum Gasteiger partial charge on any atom is 0.260 e. The number of H-pyrrole nitrogens is 1. The predicted molar refractivity (Wildman–Crippen MR) is 139 cm³/mol. The first kappa shape index (κ1) is 26.8. The van der Waals surface area contributed by atoms with E-state index in [4.69, 9.17) is 0 Å². The molecule has 1 fully saturated rings. The summed E-state index contributed by atoms with van der Waals surface area (Å²) in [5.74, 6) is -0.653. The number of aromatic amines is 1. The Hall–Kier alpha value is -3.28. The third kappa shape index (κ3) is 6.35. The van der Waals surface area contributed by atoms with Crippen LogP contribution < -0.4 is 10.6 Å². The third-order valence-corrected chi connectivity index (χ3v) is 8.28. The van der Waals surface area contributed by atoms with E-state index in [9.17, 15) is 23.1 Å². The Balaban J connectivity index is 1.43. The van der Waals surface area contributed by atoms with E-state index in [2.05, 4.69) is 20.6 Å². The number of aliphatic hydroxyl groups excluding tert-OH is 1. The number of carbonyl (C=O) groups is 2. The molecule has 2 unspecified atom stereocenters. The van der Waals surface area contributed by atoms with Crippen molar-refractivity contribution in [1.82, 2.24) is 24.9 Å². The SMILES string of the molecule is CC(C)CC(NC(=O)c1ccc2cc[nH]c2c1)C(=O)NC1CCCN(S(=O)(=O)c2ccccn2)C[C@@H]1O. The highest BCUT2D eigenvalue weighted by Crippen LogP contribution is 2.20. The van der Waals surface area contributed by atoms with Gasteiger partial charge in [-0.15, -0.1) is 0 Å². The second kappa shape index (κ2) is 11.4. The van der Waals surface area contributed by atoms with Crippen LogP contribution in [-0.2, 0) is 14.8 Å². The minimum absolute atomic E-state index is 0.0815. The molecule has 1 aliphatic heterocycles. The van der Waals surface area contributed by atoms with Crippen molar-refractivity contribution < 1.29 is 23.1 Å². The number of carbonyl (C=O) groups excluding carboxylic acids is 2. The molecule has 4 N–H and O–H groups in total. The molecule has 0 spiro atoms. The Kier molecular flexibility index (Phi) is 8.25. The zero-order chi connectivity index (χ0) is 26.6. The van der Waals surface area contributed by atoms with Gasteiger partial charge in [-0.05, 0) is 60.9 Å². The molecule has 11 heteroatoms. The van der Waals surface area contributed by atoms with Gasteiger partial charge in [-0.1, -0.05) is 26.0 Å². The predicted octanol–water partition coefficient (Wildman–Crippen LogP) is 2.04. The molecular weight excluding hydrogens is 494 g/mol. The molecular formula is C26H33N5O5S. The number of hydrogen-bond donors (Lipinski definition) is 4. The van der Waals surface area contributed by atoms with E-state index in [-0.39, 0.29) is 29.9 Å². The molecule has 4 rings (SSSR count). The highest BCUT2D eigenvalue weighted by Gasteiger charge is 2.35. The summed E-state index contributed by atoms with van der Waals surface area (Å²) in [5, 5.41) is 17.4. The molecule has 1 saturated heterocycles. The normalized spacial score (nSPS) is 19.9.